The van der Waals surface area contributed by atoms with Gasteiger partial charge in [0.1, 0.15) is 0 Å². The van der Waals surface area contributed by atoms with Crippen LogP contribution in [0.3, 0.4) is 0 Å². The number of methoxy groups -OCH3 is 1. The second kappa shape index (κ2) is 6.74. The Morgan fingerprint density at radius 3 is 2.76 bits per heavy atom. The van der Waals surface area contributed by atoms with Crippen LogP contribution in [0.15, 0.2) is 6.07 Å². The molecule has 0 radical (unpaired) electrons. The molecule has 1 rings (SSSR count). The molecule has 0 saturated heterocycles. The summed E-state index contributed by atoms with van der Waals surface area (Å²) in [7, 11) is 3.68. The molecule has 17 heavy (non-hydrogen) atoms. The van der Waals surface area contributed by atoms with Crippen LogP contribution in [0.2, 0.25) is 0 Å². The van der Waals surface area contributed by atoms with E-state index in [0.717, 1.165) is 30.8 Å². The molecule has 0 aromatic carbocycles. The summed E-state index contributed by atoms with van der Waals surface area (Å²) in [5.41, 5.74) is 5.12. The van der Waals surface area contributed by atoms with E-state index >= 15 is 0 Å². The Bertz CT molecular complexity index is 337. The van der Waals surface area contributed by atoms with Gasteiger partial charge < -0.3 is 4.74 Å². The minimum Gasteiger partial charge on any atom is -0.385 e. The standard InChI is InChI=1S/C12H24N4O/c1-5-10-8-11(16(3)15-10)12(14-13)9(2)6-7-17-4/h8-9,12,14H,5-7,13H2,1-4H3. The van der Waals surface area contributed by atoms with E-state index in [-0.39, 0.29) is 6.04 Å². The van der Waals surface area contributed by atoms with Gasteiger partial charge >= 0.3 is 0 Å². The fraction of sp³-hybridized carbons (Fsp3) is 0.750. The maximum atomic E-state index is 5.67. The molecule has 0 amide bonds. The fourth-order valence-electron chi connectivity index (χ4n) is 2.02. The molecule has 0 aliphatic heterocycles. The number of nitrogens with two attached hydrogens (primary N) is 1. The number of aromatic nitrogens is 2. The zero-order valence-corrected chi connectivity index (χ0v) is 11.2. The van der Waals surface area contributed by atoms with Crippen molar-refractivity contribution in [3.8, 4) is 0 Å². The Hall–Kier alpha value is -0.910. The molecule has 1 heterocycles. The lowest BCUT2D eigenvalue weighted by Crippen LogP contribution is -2.34. The molecule has 0 aliphatic rings. The van der Waals surface area contributed by atoms with Crippen molar-refractivity contribution in [2.75, 3.05) is 13.7 Å². The molecular weight excluding hydrogens is 216 g/mol. The summed E-state index contributed by atoms with van der Waals surface area (Å²) in [5, 5.41) is 4.45. The lowest BCUT2D eigenvalue weighted by Gasteiger charge is -2.23. The first kappa shape index (κ1) is 14.2. The van der Waals surface area contributed by atoms with Crippen LogP contribution in [-0.2, 0) is 18.2 Å². The van der Waals surface area contributed by atoms with E-state index in [2.05, 4.69) is 30.4 Å². The topological polar surface area (TPSA) is 65.1 Å². The van der Waals surface area contributed by atoms with Gasteiger partial charge in [-0.1, -0.05) is 13.8 Å². The summed E-state index contributed by atoms with van der Waals surface area (Å²) in [6, 6.07) is 2.23. The van der Waals surface area contributed by atoms with E-state index in [0.29, 0.717) is 5.92 Å². The first-order valence-electron chi connectivity index (χ1n) is 6.11. The van der Waals surface area contributed by atoms with Gasteiger partial charge in [-0.05, 0) is 24.8 Å². The third kappa shape index (κ3) is 3.52. The van der Waals surface area contributed by atoms with Gasteiger partial charge in [-0.15, -0.1) is 0 Å². The van der Waals surface area contributed by atoms with Crippen LogP contribution < -0.4 is 11.3 Å². The molecule has 3 N–H and O–H groups in total. The van der Waals surface area contributed by atoms with E-state index in [1.165, 1.54) is 0 Å². The first-order valence-corrected chi connectivity index (χ1v) is 6.11. The summed E-state index contributed by atoms with van der Waals surface area (Å²) < 4.78 is 7.02. The van der Waals surface area contributed by atoms with Crippen LogP contribution in [-0.4, -0.2) is 23.5 Å². The van der Waals surface area contributed by atoms with Crippen molar-refractivity contribution in [1.29, 1.82) is 0 Å². The van der Waals surface area contributed by atoms with Crippen LogP contribution in [0, 0.1) is 5.92 Å². The minimum absolute atomic E-state index is 0.114. The highest BCUT2D eigenvalue weighted by molar-refractivity contribution is 5.14. The van der Waals surface area contributed by atoms with Crippen molar-refractivity contribution in [2.24, 2.45) is 18.8 Å². The smallest absolute Gasteiger partial charge is 0.0655 e. The normalized spacial score (nSPS) is 14.9. The summed E-state index contributed by atoms with van der Waals surface area (Å²) in [6.45, 7) is 5.02. The number of ether oxygens (including phenoxy) is 1. The molecule has 0 aliphatic carbocycles. The molecule has 0 fully saturated rings. The molecule has 98 valence electrons. The lowest BCUT2D eigenvalue weighted by atomic mass is 9.96. The van der Waals surface area contributed by atoms with E-state index in [4.69, 9.17) is 10.6 Å². The molecule has 2 atom stereocenters. The number of aryl methyl sites for hydroxylation is 2. The van der Waals surface area contributed by atoms with Crippen molar-refractivity contribution >= 4 is 0 Å². The molecular formula is C12H24N4O. The minimum atomic E-state index is 0.114. The highest BCUT2D eigenvalue weighted by Gasteiger charge is 2.21. The van der Waals surface area contributed by atoms with Crippen LogP contribution in [0.25, 0.3) is 0 Å². The molecule has 1 aromatic heterocycles. The summed E-state index contributed by atoms with van der Waals surface area (Å²) >= 11 is 0. The Morgan fingerprint density at radius 1 is 1.59 bits per heavy atom. The summed E-state index contributed by atoms with van der Waals surface area (Å²) in [5.74, 6) is 6.07. The second-order valence-corrected chi connectivity index (χ2v) is 4.44. The fourth-order valence-corrected chi connectivity index (χ4v) is 2.02. The third-order valence-electron chi connectivity index (χ3n) is 3.17. The van der Waals surface area contributed by atoms with Crippen molar-refractivity contribution in [1.82, 2.24) is 15.2 Å². The molecule has 0 spiro atoms. The van der Waals surface area contributed by atoms with Crippen molar-refractivity contribution in [3.63, 3.8) is 0 Å². The summed E-state index contributed by atoms with van der Waals surface area (Å²) in [4.78, 5) is 0. The van der Waals surface area contributed by atoms with Crippen molar-refractivity contribution in [3.05, 3.63) is 17.5 Å². The van der Waals surface area contributed by atoms with E-state index in [1.54, 1.807) is 7.11 Å². The van der Waals surface area contributed by atoms with Gasteiger partial charge in [-0.2, -0.15) is 5.10 Å². The average Bonchev–Trinajstić information content (AvgIpc) is 2.69. The Labute approximate surface area is 103 Å². The first-order chi connectivity index (χ1) is 8.13. The van der Waals surface area contributed by atoms with Gasteiger partial charge in [0.25, 0.3) is 0 Å². The Kier molecular flexibility index (Phi) is 5.61. The zero-order chi connectivity index (χ0) is 12.8. The number of nitrogens with one attached hydrogen (secondary N) is 1. The quantitative estimate of drug-likeness (QED) is 0.554. The zero-order valence-electron chi connectivity index (χ0n) is 11.2. The van der Waals surface area contributed by atoms with Gasteiger partial charge in [0.05, 0.1) is 17.4 Å². The van der Waals surface area contributed by atoms with Crippen LogP contribution in [0.1, 0.15) is 37.7 Å². The number of nitrogens with zero attached hydrogens (tertiary/aromatic N) is 2. The van der Waals surface area contributed by atoms with Gasteiger partial charge in [0.15, 0.2) is 0 Å². The predicted octanol–water partition coefficient (Wildman–Crippen LogP) is 1.16. The van der Waals surface area contributed by atoms with E-state index < -0.39 is 0 Å². The van der Waals surface area contributed by atoms with Crippen LogP contribution >= 0.6 is 0 Å². The third-order valence-corrected chi connectivity index (χ3v) is 3.17. The maximum absolute atomic E-state index is 5.67. The van der Waals surface area contributed by atoms with Gasteiger partial charge in [-0.25, -0.2) is 0 Å². The number of hydrogen-bond acceptors (Lipinski definition) is 4. The summed E-state index contributed by atoms with van der Waals surface area (Å²) in [6.07, 6.45) is 1.91. The monoisotopic (exact) mass is 240 g/mol. The largest absolute Gasteiger partial charge is 0.385 e. The SMILES string of the molecule is CCc1cc(C(NN)C(C)CCOC)n(C)n1. The Balaban J connectivity index is 2.80. The number of hydrogen-bond donors (Lipinski definition) is 2. The maximum Gasteiger partial charge on any atom is 0.0655 e. The van der Waals surface area contributed by atoms with Crippen LogP contribution in [0.5, 0.6) is 0 Å². The number of hydrazine groups is 1. The molecule has 0 bridgehead atoms. The highest BCUT2D eigenvalue weighted by atomic mass is 16.5. The second-order valence-electron chi connectivity index (χ2n) is 4.44. The number of rotatable bonds is 7. The molecule has 5 nitrogen and oxygen atoms in total. The van der Waals surface area contributed by atoms with E-state index in [9.17, 15) is 0 Å². The van der Waals surface area contributed by atoms with Gasteiger partial charge in [0, 0.05) is 20.8 Å². The predicted molar refractivity (Wildman–Crippen MR) is 68.3 cm³/mol. The molecule has 1 aromatic rings. The van der Waals surface area contributed by atoms with Crippen LogP contribution in [0.4, 0.5) is 0 Å². The molecule has 2 unspecified atom stereocenters. The van der Waals surface area contributed by atoms with E-state index in [1.807, 2.05) is 11.7 Å². The highest BCUT2D eigenvalue weighted by Crippen LogP contribution is 2.24. The lowest BCUT2D eigenvalue weighted by molar-refractivity contribution is 0.169. The van der Waals surface area contributed by atoms with Crippen molar-refractivity contribution in [2.45, 2.75) is 32.7 Å². The van der Waals surface area contributed by atoms with Gasteiger partial charge in [0.2, 0.25) is 0 Å². The molecule has 0 saturated carbocycles. The van der Waals surface area contributed by atoms with Gasteiger partial charge in [-0.3, -0.25) is 16.0 Å². The van der Waals surface area contributed by atoms with Crippen molar-refractivity contribution < 1.29 is 4.74 Å². The molecule has 5 heteroatoms. The Morgan fingerprint density at radius 2 is 2.29 bits per heavy atom. The average molecular weight is 240 g/mol.